The number of carbonyl (C=O) groups is 1. The molecule has 0 unspecified atom stereocenters. The van der Waals surface area contributed by atoms with E-state index in [1.807, 2.05) is 0 Å². The molecule has 1 amide bonds. The summed E-state index contributed by atoms with van der Waals surface area (Å²) >= 11 is 0. The van der Waals surface area contributed by atoms with Gasteiger partial charge in [0.15, 0.2) is 0 Å². The van der Waals surface area contributed by atoms with Crippen LogP contribution in [0.4, 0.5) is 0 Å². The van der Waals surface area contributed by atoms with Crippen molar-refractivity contribution >= 4 is 5.91 Å². The van der Waals surface area contributed by atoms with E-state index in [4.69, 9.17) is 5.73 Å². The molecule has 0 aromatic heterocycles. The number of hydrogen-bond acceptors (Lipinski definition) is 3. The van der Waals surface area contributed by atoms with E-state index in [0.29, 0.717) is 13.1 Å². The molecule has 0 spiro atoms. The van der Waals surface area contributed by atoms with Crippen molar-refractivity contribution in [3.05, 3.63) is 0 Å². The van der Waals surface area contributed by atoms with Crippen molar-refractivity contribution < 1.29 is 4.79 Å². The van der Waals surface area contributed by atoms with Crippen molar-refractivity contribution in [1.82, 2.24) is 5.32 Å². The van der Waals surface area contributed by atoms with Crippen molar-refractivity contribution in [2.75, 3.05) is 20.1 Å². The molecule has 4 heteroatoms. The molecule has 9 heavy (non-hydrogen) atoms. The van der Waals surface area contributed by atoms with Crippen molar-refractivity contribution in [3.63, 3.8) is 0 Å². The van der Waals surface area contributed by atoms with Crippen LogP contribution in [0.3, 0.4) is 0 Å². The molecule has 0 aromatic rings. The normalized spacial score (nSPS) is 7.11. The first kappa shape index (κ1) is 11.2. The third-order valence-electron chi connectivity index (χ3n) is 0.518. The van der Waals surface area contributed by atoms with Gasteiger partial charge in [-0.15, -0.1) is 0 Å². The first-order chi connectivity index (χ1) is 4.27. The number of amides is 1. The second kappa shape index (κ2) is 10.4. The van der Waals surface area contributed by atoms with Crippen LogP contribution in [0.2, 0.25) is 0 Å². The fraction of sp³-hybridized carbons (Fsp3) is 0.800. The molecule has 0 aliphatic heterocycles. The smallest absolute Gasteiger partial charge is 0.216 e. The van der Waals surface area contributed by atoms with E-state index in [-0.39, 0.29) is 5.91 Å². The van der Waals surface area contributed by atoms with Crippen LogP contribution < -0.4 is 16.8 Å². The Morgan fingerprint density at radius 3 is 2.11 bits per heavy atom. The maximum absolute atomic E-state index is 10.0. The predicted molar refractivity (Wildman–Crippen MR) is 37.8 cm³/mol. The fourth-order valence-corrected chi connectivity index (χ4v) is 0.248. The summed E-state index contributed by atoms with van der Waals surface area (Å²) in [5.74, 6) is -0.0227. The van der Waals surface area contributed by atoms with Crippen molar-refractivity contribution in [1.29, 1.82) is 0 Å². The molecule has 5 N–H and O–H groups in total. The van der Waals surface area contributed by atoms with Crippen LogP contribution in [0.5, 0.6) is 0 Å². The topological polar surface area (TPSA) is 81.1 Å². The molecule has 0 saturated carbocycles. The van der Waals surface area contributed by atoms with Crippen LogP contribution in [0, 0.1) is 0 Å². The molecular formula is C5H15N3O. The average Bonchev–Trinajstić information content (AvgIpc) is 1.88. The highest BCUT2D eigenvalue weighted by Crippen LogP contribution is 1.54. The molecule has 0 aromatic carbocycles. The molecule has 0 rings (SSSR count). The molecule has 0 atom stereocenters. The minimum Gasteiger partial charge on any atom is -0.355 e. The summed E-state index contributed by atoms with van der Waals surface area (Å²) in [6.07, 6.45) is 0. The van der Waals surface area contributed by atoms with Crippen molar-refractivity contribution in [2.45, 2.75) is 6.92 Å². The van der Waals surface area contributed by atoms with Gasteiger partial charge >= 0.3 is 0 Å². The van der Waals surface area contributed by atoms with Gasteiger partial charge in [0.2, 0.25) is 5.91 Å². The minimum absolute atomic E-state index is 0.0227. The van der Waals surface area contributed by atoms with Gasteiger partial charge in [-0.25, -0.2) is 0 Å². The third-order valence-corrected chi connectivity index (χ3v) is 0.518. The maximum atomic E-state index is 10.0. The van der Waals surface area contributed by atoms with Crippen molar-refractivity contribution in [3.8, 4) is 0 Å². The fourth-order valence-electron chi connectivity index (χ4n) is 0.248. The summed E-state index contributed by atoms with van der Waals surface area (Å²) in [4.78, 5) is 10.0. The standard InChI is InChI=1S/C4H10N2O.CH5N/c1-4(7)6-3-2-5;1-2/h2-3,5H2,1H3,(H,6,7);2H2,1H3. The van der Waals surface area contributed by atoms with Gasteiger partial charge < -0.3 is 16.8 Å². The summed E-state index contributed by atoms with van der Waals surface area (Å²) in [7, 11) is 1.50. The Kier molecular flexibility index (Phi) is 13.0. The molecular weight excluding hydrogens is 118 g/mol. The van der Waals surface area contributed by atoms with Gasteiger partial charge in [-0.2, -0.15) is 0 Å². The summed E-state index contributed by atoms with van der Waals surface area (Å²) in [5.41, 5.74) is 9.56. The highest BCUT2D eigenvalue weighted by atomic mass is 16.1. The van der Waals surface area contributed by atoms with Gasteiger partial charge in [-0.1, -0.05) is 0 Å². The molecule has 0 bridgehead atoms. The molecule has 4 nitrogen and oxygen atoms in total. The molecule has 0 saturated heterocycles. The number of nitrogens with two attached hydrogens (primary N) is 2. The molecule has 56 valence electrons. The van der Waals surface area contributed by atoms with Gasteiger partial charge in [0.25, 0.3) is 0 Å². The molecule has 0 radical (unpaired) electrons. The number of carbonyl (C=O) groups excluding carboxylic acids is 1. The Bertz CT molecular complexity index is 65.2. The van der Waals surface area contributed by atoms with E-state index in [9.17, 15) is 4.79 Å². The van der Waals surface area contributed by atoms with Gasteiger partial charge in [0, 0.05) is 20.0 Å². The summed E-state index contributed by atoms with van der Waals surface area (Å²) in [6, 6.07) is 0. The second-order valence-corrected chi connectivity index (χ2v) is 1.27. The molecule has 0 aliphatic rings. The van der Waals surface area contributed by atoms with E-state index in [0.717, 1.165) is 0 Å². The van der Waals surface area contributed by atoms with Gasteiger partial charge in [0.05, 0.1) is 0 Å². The number of nitrogens with one attached hydrogen (secondary N) is 1. The van der Waals surface area contributed by atoms with E-state index in [2.05, 4.69) is 11.1 Å². The Morgan fingerprint density at radius 1 is 1.56 bits per heavy atom. The highest BCUT2D eigenvalue weighted by molar-refractivity contribution is 5.72. The lowest BCUT2D eigenvalue weighted by molar-refractivity contribution is -0.118. The van der Waals surface area contributed by atoms with Crippen LogP contribution in [0.15, 0.2) is 0 Å². The van der Waals surface area contributed by atoms with E-state index >= 15 is 0 Å². The quantitative estimate of drug-likeness (QED) is 0.436. The molecule has 0 aliphatic carbocycles. The lowest BCUT2D eigenvalue weighted by Gasteiger charge is -1.93. The van der Waals surface area contributed by atoms with Gasteiger partial charge in [-0.05, 0) is 7.05 Å². The highest BCUT2D eigenvalue weighted by Gasteiger charge is 1.83. The second-order valence-electron chi connectivity index (χ2n) is 1.27. The molecule has 0 fully saturated rings. The number of rotatable bonds is 2. The van der Waals surface area contributed by atoms with Crippen LogP contribution in [0.25, 0.3) is 0 Å². The first-order valence-corrected chi connectivity index (χ1v) is 2.79. The van der Waals surface area contributed by atoms with Crippen LogP contribution in [-0.2, 0) is 4.79 Å². The lowest BCUT2D eigenvalue weighted by atomic mass is 10.6. The molecule has 0 heterocycles. The lowest BCUT2D eigenvalue weighted by Crippen LogP contribution is -2.26. The summed E-state index contributed by atoms with van der Waals surface area (Å²) < 4.78 is 0. The third kappa shape index (κ3) is 18.7. The first-order valence-electron chi connectivity index (χ1n) is 2.79. The van der Waals surface area contributed by atoms with E-state index in [1.165, 1.54) is 14.0 Å². The average molecular weight is 133 g/mol. The number of hydrogen-bond donors (Lipinski definition) is 3. The zero-order chi connectivity index (χ0) is 7.70. The van der Waals surface area contributed by atoms with Crippen LogP contribution in [-0.4, -0.2) is 26.0 Å². The minimum atomic E-state index is -0.0227. The van der Waals surface area contributed by atoms with Gasteiger partial charge in [0.1, 0.15) is 0 Å². The SMILES string of the molecule is CC(=O)NCCN.CN. The Balaban J connectivity index is 0. The van der Waals surface area contributed by atoms with Crippen LogP contribution in [0.1, 0.15) is 6.92 Å². The Morgan fingerprint density at radius 2 is 2.00 bits per heavy atom. The Labute approximate surface area is 55.6 Å². The summed E-state index contributed by atoms with van der Waals surface area (Å²) in [6.45, 7) is 2.56. The Hall–Kier alpha value is -0.610. The predicted octanol–water partition coefficient (Wildman–Crippen LogP) is -1.34. The van der Waals surface area contributed by atoms with Gasteiger partial charge in [-0.3, -0.25) is 4.79 Å². The zero-order valence-electron chi connectivity index (χ0n) is 5.98. The summed E-state index contributed by atoms with van der Waals surface area (Å²) in [5, 5.41) is 2.53. The van der Waals surface area contributed by atoms with E-state index in [1.54, 1.807) is 0 Å². The van der Waals surface area contributed by atoms with E-state index < -0.39 is 0 Å². The maximum Gasteiger partial charge on any atom is 0.216 e. The zero-order valence-corrected chi connectivity index (χ0v) is 5.98. The van der Waals surface area contributed by atoms with Crippen molar-refractivity contribution in [2.24, 2.45) is 11.5 Å². The monoisotopic (exact) mass is 133 g/mol. The largest absolute Gasteiger partial charge is 0.355 e. The van der Waals surface area contributed by atoms with Crippen LogP contribution >= 0.6 is 0 Å².